The molecule has 0 saturated carbocycles. The molecule has 1 aliphatic rings. The maximum Gasteiger partial charge on any atom is 0.246 e. The SMILES string of the molecule is COc1ccccc1N1CCN(C(=O)[C@H](c2ccccc2C)N(C)C)CC1=O. The van der Waals surface area contributed by atoms with Gasteiger partial charge < -0.3 is 14.5 Å². The summed E-state index contributed by atoms with van der Waals surface area (Å²) in [6.07, 6.45) is 0. The van der Waals surface area contributed by atoms with Gasteiger partial charge >= 0.3 is 0 Å². The van der Waals surface area contributed by atoms with Crippen molar-refractivity contribution >= 4 is 17.5 Å². The summed E-state index contributed by atoms with van der Waals surface area (Å²) in [6.45, 7) is 2.99. The molecule has 0 bridgehead atoms. The molecule has 0 spiro atoms. The van der Waals surface area contributed by atoms with E-state index in [-0.39, 0.29) is 18.4 Å². The van der Waals surface area contributed by atoms with E-state index in [2.05, 4.69) is 0 Å². The number of likely N-dealkylation sites (N-methyl/N-ethyl adjacent to an activating group) is 1. The van der Waals surface area contributed by atoms with E-state index >= 15 is 0 Å². The molecule has 1 saturated heterocycles. The fraction of sp³-hybridized carbons (Fsp3) is 0.364. The van der Waals surface area contributed by atoms with Crippen molar-refractivity contribution in [2.75, 3.05) is 45.7 Å². The van der Waals surface area contributed by atoms with Crippen molar-refractivity contribution in [1.82, 2.24) is 9.80 Å². The first-order chi connectivity index (χ1) is 13.4. The summed E-state index contributed by atoms with van der Waals surface area (Å²) in [5.41, 5.74) is 2.77. The number of hydrogen-bond acceptors (Lipinski definition) is 4. The number of para-hydroxylation sites is 2. The van der Waals surface area contributed by atoms with Gasteiger partial charge in [-0.1, -0.05) is 36.4 Å². The van der Waals surface area contributed by atoms with Crippen LogP contribution in [-0.2, 0) is 9.59 Å². The van der Waals surface area contributed by atoms with Crippen molar-refractivity contribution in [2.24, 2.45) is 0 Å². The number of piperazine rings is 1. The van der Waals surface area contributed by atoms with Crippen molar-refractivity contribution < 1.29 is 14.3 Å². The zero-order valence-corrected chi connectivity index (χ0v) is 16.9. The van der Waals surface area contributed by atoms with Crippen molar-refractivity contribution in [1.29, 1.82) is 0 Å². The first kappa shape index (κ1) is 19.9. The van der Waals surface area contributed by atoms with Gasteiger partial charge in [0.25, 0.3) is 0 Å². The average Bonchev–Trinajstić information content (AvgIpc) is 2.69. The van der Waals surface area contributed by atoms with E-state index in [1.807, 2.05) is 74.4 Å². The second-order valence-corrected chi connectivity index (χ2v) is 7.20. The lowest BCUT2D eigenvalue weighted by atomic mass is 9.99. The summed E-state index contributed by atoms with van der Waals surface area (Å²) in [5, 5.41) is 0. The van der Waals surface area contributed by atoms with Crippen LogP contribution in [0.4, 0.5) is 5.69 Å². The zero-order valence-electron chi connectivity index (χ0n) is 16.9. The van der Waals surface area contributed by atoms with E-state index in [1.54, 1.807) is 16.9 Å². The standard InChI is InChI=1S/C22H27N3O3/c1-16-9-5-6-10-17(16)21(23(2)3)22(27)24-13-14-25(20(26)15-24)18-11-7-8-12-19(18)28-4/h5-12,21H,13-15H2,1-4H3/t21-/m0/s1. The molecule has 1 aliphatic heterocycles. The fourth-order valence-electron chi connectivity index (χ4n) is 3.67. The molecule has 3 rings (SSSR count). The predicted molar refractivity (Wildman–Crippen MR) is 110 cm³/mol. The molecule has 2 aromatic carbocycles. The smallest absolute Gasteiger partial charge is 0.246 e. The van der Waals surface area contributed by atoms with Gasteiger partial charge in [0.1, 0.15) is 18.3 Å². The quantitative estimate of drug-likeness (QED) is 0.799. The molecule has 1 heterocycles. The molecule has 1 fully saturated rings. The van der Waals surface area contributed by atoms with E-state index in [1.165, 1.54) is 0 Å². The molecule has 0 radical (unpaired) electrons. The van der Waals surface area contributed by atoms with Gasteiger partial charge in [-0.25, -0.2) is 0 Å². The van der Waals surface area contributed by atoms with Gasteiger partial charge in [-0.15, -0.1) is 0 Å². The minimum atomic E-state index is -0.410. The monoisotopic (exact) mass is 381 g/mol. The summed E-state index contributed by atoms with van der Waals surface area (Å²) in [4.78, 5) is 31.4. The molecule has 2 aromatic rings. The number of benzene rings is 2. The molecular weight excluding hydrogens is 354 g/mol. The highest BCUT2D eigenvalue weighted by molar-refractivity contribution is 5.99. The van der Waals surface area contributed by atoms with E-state index in [9.17, 15) is 9.59 Å². The number of rotatable bonds is 5. The van der Waals surface area contributed by atoms with Crippen LogP contribution in [-0.4, -0.2) is 62.5 Å². The number of carbonyl (C=O) groups excluding carboxylic acids is 2. The summed E-state index contributed by atoms with van der Waals surface area (Å²) in [6, 6.07) is 14.9. The number of anilines is 1. The Morgan fingerprint density at radius 2 is 1.75 bits per heavy atom. The Morgan fingerprint density at radius 3 is 2.39 bits per heavy atom. The lowest BCUT2D eigenvalue weighted by Crippen LogP contribution is -2.54. The van der Waals surface area contributed by atoms with E-state index in [4.69, 9.17) is 4.74 Å². The topological polar surface area (TPSA) is 53.1 Å². The first-order valence-electron chi connectivity index (χ1n) is 9.38. The number of nitrogens with zero attached hydrogens (tertiary/aromatic N) is 3. The van der Waals surface area contributed by atoms with Crippen LogP contribution in [0.15, 0.2) is 48.5 Å². The van der Waals surface area contributed by atoms with Crippen LogP contribution in [0.1, 0.15) is 17.2 Å². The molecule has 6 nitrogen and oxygen atoms in total. The fourth-order valence-corrected chi connectivity index (χ4v) is 3.67. The van der Waals surface area contributed by atoms with E-state index in [0.29, 0.717) is 18.8 Å². The van der Waals surface area contributed by atoms with E-state index in [0.717, 1.165) is 16.8 Å². The Bertz CT molecular complexity index is 866. The lowest BCUT2D eigenvalue weighted by molar-refractivity contribution is -0.141. The minimum absolute atomic E-state index is 0.0488. The van der Waals surface area contributed by atoms with Crippen LogP contribution in [0.3, 0.4) is 0 Å². The highest BCUT2D eigenvalue weighted by Crippen LogP contribution is 2.30. The van der Waals surface area contributed by atoms with Gasteiger partial charge in [-0.05, 0) is 44.3 Å². The molecule has 6 heteroatoms. The summed E-state index contributed by atoms with van der Waals surface area (Å²) < 4.78 is 5.38. The third kappa shape index (κ3) is 3.87. The lowest BCUT2D eigenvalue weighted by Gasteiger charge is -2.37. The Morgan fingerprint density at radius 1 is 1.07 bits per heavy atom. The molecule has 0 aromatic heterocycles. The molecule has 0 N–H and O–H groups in total. The zero-order chi connectivity index (χ0) is 20.3. The van der Waals surface area contributed by atoms with Gasteiger partial charge in [0.05, 0.1) is 12.8 Å². The number of amides is 2. The molecule has 1 atom stereocenters. The molecule has 2 amide bonds. The van der Waals surface area contributed by atoms with Crippen LogP contribution in [0, 0.1) is 6.92 Å². The number of hydrogen-bond donors (Lipinski definition) is 0. The molecule has 0 unspecified atom stereocenters. The number of aryl methyl sites for hydroxylation is 1. The molecule has 28 heavy (non-hydrogen) atoms. The van der Waals surface area contributed by atoms with E-state index < -0.39 is 6.04 Å². The Kier molecular flexibility index (Phi) is 5.99. The van der Waals surface area contributed by atoms with Gasteiger partial charge in [0.15, 0.2) is 0 Å². The highest BCUT2D eigenvalue weighted by Gasteiger charge is 2.34. The minimum Gasteiger partial charge on any atom is -0.495 e. The Balaban J connectivity index is 1.80. The van der Waals surface area contributed by atoms with Crippen LogP contribution in [0.2, 0.25) is 0 Å². The second kappa shape index (κ2) is 8.44. The maximum atomic E-state index is 13.3. The van der Waals surface area contributed by atoms with Crippen molar-refractivity contribution in [2.45, 2.75) is 13.0 Å². The molecular formula is C22H27N3O3. The normalized spacial score (nSPS) is 15.7. The van der Waals surface area contributed by atoms with Gasteiger partial charge in [-0.3, -0.25) is 14.5 Å². The van der Waals surface area contributed by atoms with Gasteiger partial charge in [0.2, 0.25) is 11.8 Å². The number of methoxy groups -OCH3 is 1. The average molecular weight is 381 g/mol. The second-order valence-electron chi connectivity index (χ2n) is 7.20. The van der Waals surface area contributed by atoms with Crippen LogP contribution < -0.4 is 9.64 Å². The van der Waals surface area contributed by atoms with Crippen LogP contribution in [0.5, 0.6) is 5.75 Å². The van der Waals surface area contributed by atoms with Crippen molar-refractivity contribution in [3.63, 3.8) is 0 Å². The molecule has 148 valence electrons. The first-order valence-corrected chi connectivity index (χ1v) is 9.38. The van der Waals surface area contributed by atoms with Crippen molar-refractivity contribution in [3.05, 3.63) is 59.7 Å². The Labute approximate surface area is 166 Å². The summed E-state index contributed by atoms with van der Waals surface area (Å²) >= 11 is 0. The van der Waals surface area contributed by atoms with Crippen LogP contribution >= 0.6 is 0 Å². The largest absolute Gasteiger partial charge is 0.495 e. The maximum absolute atomic E-state index is 13.3. The summed E-state index contributed by atoms with van der Waals surface area (Å²) in [5.74, 6) is 0.500. The Hall–Kier alpha value is -2.86. The van der Waals surface area contributed by atoms with Crippen LogP contribution in [0.25, 0.3) is 0 Å². The highest BCUT2D eigenvalue weighted by atomic mass is 16.5. The number of carbonyl (C=O) groups is 2. The predicted octanol–water partition coefficient (Wildman–Crippen LogP) is 2.48. The van der Waals surface area contributed by atoms with Gasteiger partial charge in [0, 0.05) is 13.1 Å². The molecule has 0 aliphatic carbocycles. The third-order valence-corrected chi connectivity index (χ3v) is 5.14. The van der Waals surface area contributed by atoms with Gasteiger partial charge in [-0.2, -0.15) is 0 Å². The number of ether oxygens (including phenoxy) is 1. The third-order valence-electron chi connectivity index (χ3n) is 5.14. The van der Waals surface area contributed by atoms with Crippen molar-refractivity contribution in [3.8, 4) is 5.75 Å². The summed E-state index contributed by atoms with van der Waals surface area (Å²) in [7, 11) is 5.37.